The lowest BCUT2D eigenvalue weighted by Crippen LogP contribution is -2.42. The van der Waals surface area contributed by atoms with Crippen LogP contribution in [0.25, 0.3) is 0 Å². The number of carbonyl (C=O) groups is 1. The van der Waals surface area contributed by atoms with Gasteiger partial charge in [-0.1, -0.05) is 12.1 Å². The van der Waals surface area contributed by atoms with Crippen LogP contribution in [-0.4, -0.2) is 12.5 Å². The predicted molar refractivity (Wildman–Crippen MR) is 78.1 cm³/mol. The van der Waals surface area contributed by atoms with Crippen LogP contribution >= 0.6 is 12.4 Å². The molecular formula is C14H20ClF3N2O. The molecule has 0 spiro atoms. The molecule has 0 aliphatic carbocycles. The molecule has 1 unspecified atom stereocenters. The number of hydrogen-bond donors (Lipinski definition) is 2. The van der Waals surface area contributed by atoms with Gasteiger partial charge >= 0.3 is 6.18 Å². The van der Waals surface area contributed by atoms with E-state index in [9.17, 15) is 18.0 Å². The van der Waals surface area contributed by atoms with Gasteiger partial charge in [0, 0.05) is 6.54 Å². The molecule has 0 radical (unpaired) electrons. The quantitative estimate of drug-likeness (QED) is 0.893. The maximum atomic E-state index is 12.6. The number of rotatable bonds is 4. The monoisotopic (exact) mass is 324 g/mol. The Labute approximate surface area is 128 Å². The van der Waals surface area contributed by atoms with E-state index >= 15 is 0 Å². The van der Waals surface area contributed by atoms with Crippen LogP contribution in [0.2, 0.25) is 0 Å². The van der Waals surface area contributed by atoms with Crippen molar-refractivity contribution in [3.8, 4) is 0 Å². The van der Waals surface area contributed by atoms with E-state index in [1.54, 1.807) is 26.8 Å². The molecular weight excluding hydrogens is 305 g/mol. The average molecular weight is 325 g/mol. The summed E-state index contributed by atoms with van der Waals surface area (Å²) < 4.78 is 37.9. The highest BCUT2D eigenvalue weighted by atomic mass is 35.5. The molecule has 0 heterocycles. The van der Waals surface area contributed by atoms with Crippen LogP contribution in [0.5, 0.6) is 0 Å². The maximum Gasteiger partial charge on any atom is 0.416 e. The number of nitrogens with two attached hydrogens (primary N) is 1. The van der Waals surface area contributed by atoms with E-state index in [1.165, 1.54) is 6.07 Å². The predicted octanol–water partition coefficient (Wildman–Crippen LogP) is 3.29. The van der Waals surface area contributed by atoms with E-state index < -0.39 is 23.2 Å². The van der Waals surface area contributed by atoms with E-state index in [0.717, 1.165) is 12.1 Å². The van der Waals surface area contributed by atoms with Crippen LogP contribution in [0.4, 0.5) is 13.2 Å². The zero-order valence-corrected chi connectivity index (χ0v) is 12.9. The Morgan fingerprint density at radius 1 is 1.33 bits per heavy atom. The molecule has 0 saturated heterocycles. The molecule has 0 aliphatic heterocycles. The van der Waals surface area contributed by atoms with Gasteiger partial charge in [0.15, 0.2) is 0 Å². The minimum atomic E-state index is -4.39. The first-order valence-corrected chi connectivity index (χ1v) is 6.26. The minimum Gasteiger partial charge on any atom is -0.349 e. The van der Waals surface area contributed by atoms with E-state index in [4.69, 9.17) is 5.73 Å². The van der Waals surface area contributed by atoms with Crippen molar-refractivity contribution in [2.45, 2.75) is 33.0 Å². The fraction of sp³-hybridized carbons (Fsp3) is 0.500. The highest BCUT2D eigenvalue weighted by Crippen LogP contribution is 2.30. The standard InChI is InChI=1S/C14H19F3N2O.ClH/c1-9(19-12(20)13(2,3)8-18)10-5-4-6-11(7-10)14(15,16)17;/h4-7,9H,8,18H2,1-3H3,(H,19,20);1H. The Balaban J connectivity index is 0.00000400. The van der Waals surface area contributed by atoms with Gasteiger partial charge in [-0.2, -0.15) is 13.2 Å². The Hall–Kier alpha value is -1.27. The third-order valence-corrected chi connectivity index (χ3v) is 3.19. The molecule has 0 bridgehead atoms. The zero-order chi connectivity index (χ0) is 15.6. The van der Waals surface area contributed by atoms with Crippen molar-refractivity contribution in [3.05, 3.63) is 35.4 Å². The molecule has 3 nitrogen and oxygen atoms in total. The molecule has 1 rings (SSSR count). The van der Waals surface area contributed by atoms with Crippen molar-refractivity contribution in [1.29, 1.82) is 0 Å². The van der Waals surface area contributed by atoms with Crippen molar-refractivity contribution >= 4 is 18.3 Å². The van der Waals surface area contributed by atoms with Crippen molar-refractivity contribution < 1.29 is 18.0 Å². The number of hydrogen-bond acceptors (Lipinski definition) is 2. The number of benzene rings is 1. The SMILES string of the molecule is CC(NC(=O)C(C)(C)CN)c1cccc(C(F)(F)F)c1.Cl. The Morgan fingerprint density at radius 3 is 2.38 bits per heavy atom. The van der Waals surface area contributed by atoms with E-state index in [-0.39, 0.29) is 24.9 Å². The summed E-state index contributed by atoms with van der Waals surface area (Å²) in [6.45, 7) is 5.16. The van der Waals surface area contributed by atoms with E-state index in [2.05, 4.69) is 5.32 Å². The summed E-state index contributed by atoms with van der Waals surface area (Å²) in [4.78, 5) is 11.9. The van der Waals surface area contributed by atoms with Gasteiger partial charge in [0.25, 0.3) is 0 Å². The topological polar surface area (TPSA) is 55.1 Å². The normalized spacial score (nSPS) is 13.3. The van der Waals surface area contributed by atoms with Gasteiger partial charge in [-0.3, -0.25) is 4.79 Å². The lowest BCUT2D eigenvalue weighted by molar-refractivity contribution is -0.137. The van der Waals surface area contributed by atoms with Crippen molar-refractivity contribution in [1.82, 2.24) is 5.32 Å². The molecule has 0 aromatic heterocycles. The highest BCUT2D eigenvalue weighted by Gasteiger charge is 2.31. The summed E-state index contributed by atoms with van der Waals surface area (Å²) in [5.41, 5.74) is 4.42. The van der Waals surface area contributed by atoms with Gasteiger partial charge in [0.05, 0.1) is 17.0 Å². The molecule has 1 aromatic carbocycles. The van der Waals surface area contributed by atoms with E-state index in [0.29, 0.717) is 5.56 Å². The van der Waals surface area contributed by atoms with Gasteiger partial charge in [-0.15, -0.1) is 12.4 Å². The first kappa shape index (κ1) is 19.7. The molecule has 1 amide bonds. The summed E-state index contributed by atoms with van der Waals surface area (Å²) in [5.74, 6) is -0.287. The molecule has 1 aromatic rings. The summed E-state index contributed by atoms with van der Waals surface area (Å²) in [5, 5.41) is 2.68. The number of halogens is 4. The first-order valence-electron chi connectivity index (χ1n) is 6.26. The lowest BCUT2D eigenvalue weighted by atomic mass is 9.92. The Morgan fingerprint density at radius 2 is 1.90 bits per heavy atom. The first-order chi connectivity index (χ1) is 9.08. The Kier molecular flexibility index (Phi) is 6.70. The van der Waals surface area contributed by atoms with Gasteiger partial charge in [-0.25, -0.2) is 0 Å². The Bertz CT molecular complexity index is 489. The van der Waals surface area contributed by atoms with Gasteiger partial charge in [-0.05, 0) is 38.5 Å². The van der Waals surface area contributed by atoms with Crippen LogP contribution in [0, 0.1) is 5.41 Å². The van der Waals surface area contributed by atoms with Gasteiger partial charge in [0.2, 0.25) is 5.91 Å². The van der Waals surface area contributed by atoms with E-state index in [1.807, 2.05) is 0 Å². The fourth-order valence-electron chi connectivity index (χ4n) is 1.55. The van der Waals surface area contributed by atoms with Crippen LogP contribution in [0.1, 0.15) is 37.9 Å². The van der Waals surface area contributed by atoms with Crippen LogP contribution in [-0.2, 0) is 11.0 Å². The third kappa shape index (κ3) is 5.21. The van der Waals surface area contributed by atoms with Crippen LogP contribution < -0.4 is 11.1 Å². The molecule has 0 aliphatic rings. The molecule has 120 valence electrons. The second kappa shape index (κ2) is 7.13. The molecule has 21 heavy (non-hydrogen) atoms. The molecule has 0 fully saturated rings. The van der Waals surface area contributed by atoms with Crippen molar-refractivity contribution in [2.24, 2.45) is 11.1 Å². The second-order valence-electron chi connectivity index (χ2n) is 5.41. The number of amides is 1. The summed E-state index contributed by atoms with van der Waals surface area (Å²) in [6.07, 6.45) is -4.39. The van der Waals surface area contributed by atoms with Gasteiger partial charge < -0.3 is 11.1 Å². The largest absolute Gasteiger partial charge is 0.416 e. The fourth-order valence-corrected chi connectivity index (χ4v) is 1.55. The molecule has 0 saturated carbocycles. The average Bonchev–Trinajstić information content (AvgIpc) is 2.37. The number of alkyl halides is 3. The van der Waals surface area contributed by atoms with Crippen LogP contribution in [0.3, 0.4) is 0 Å². The van der Waals surface area contributed by atoms with Crippen LogP contribution in [0.15, 0.2) is 24.3 Å². The lowest BCUT2D eigenvalue weighted by Gasteiger charge is -2.24. The van der Waals surface area contributed by atoms with Crippen molar-refractivity contribution in [3.63, 3.8) is 0 Å². The number of carbonyl (C=O) groups excluding carboxylic acids is 1. The smallest absolute Gasteiger partial charge is 0.349 e. The second-order valence-corrected chi connectivity index (χ2v) is 5.41. The molecule has 7 heteroatoms. The highest BCUT2D eigenvalue weighted by molar-refractivity contribution is 5.85. The summed E-state index contributed by atoms with van der Waals surface area (Å²) >= 11 is 0. The minimum absolute atomic E-state index is 0. The molecule has 1 atom stereocenters. The zero-order valence-electron chi connectivity index (χ0n) is 12.1. The maximum absolute atomic E-state index is 12.6. The summed E-state index contributed by atoms with van der Waals surface area (Å²) in [7, 11) is 0. The van der Waals surface area contributed by atoms with Gasteiger partial charge in [0.1, 0.15) is 0 Å². The third-order valence-electron chi connectivity index (χ3n) is 3.19. The molecule has 3 N–H and O–H groups in total. The summed E-state index contributed by atoms with van der Waals surface area (Å²) in [6, 6.07) is 4.41. The van der Waals surface area contributed by atoms with Crippen molar-refractivity contribution in [2.75, 3.05) is 6.54 Å². The number of nitrogens with one attached hydrogen (secondary N) is 1.